The van der Waals surface area contributed by atoms with Crippen molar-refractivity contribution in [2.24, 2.45) is 0 Å². The first-order chi connectivity index (χ1) is 16.0. The predicted molar refractivity (Wildman–Crippen MR) is 112 cm³/mol. The lowest BCUT2D eigenvalue weighted by Gasteiger charge is -2.38. The molecule has 33 heavy (non-hydrogen) atoms. The molecule has 3 aromatic rings. The number of aliphatic hydroxyl groups excluding tert-OH is 4. The molecule has 0 amide bonds. The monoisotopic (exact) mass is 458 g/mol. The first-order valence-electron chi connectivity index (χ1n) is 10.4. The number of aromatic nitrogens is 5. The topological polar surface area (TPSA) is 159 Å². The normalized spacial score (nSPS) is 25.3. The largest absolute Gasteiger partial charge is 0.394 e. The average Bonchev–Trinajstić information content (AvgIpc) is 3.27. The fraction of sp³-hybridized carbons (Fsp3) is 0.429. The van der Waals surface area contributed by atoms with Gasteiger partial charge in [0.15, 0.2) is 0 Å². The molecule has 1 aliphatic rings. The minimum atomic E-state index is -1.55. The van der Waals surface area contributed by atoms with Crippen molar-refractivity contribution in [3.8, 4) is 0 Å². The summed E-state index contributed by atoms with van der Waals surface area (Å²) in [6.07, 6.45) is -2.00. The van der Waals surface area contributed by atoms with Crippen molar-refractivity contribution in [3.63, 3.8) is 0 Å². The number of hydrogen-bond acceptors (Lipinski definition) is 11. The van der Waals surface area contributed by atoms with Crippen LogP contribution in [0.25, 0.3) is 0 Å². The van der Waals surface area contributed by atoms with Crippen molar-refractivity contribution in [3.05, 3.63) is 72.1 Å². The molecule has 0 saturated carbocycles. The van der Waals surface area contributed by atoms with E-state index in [-0.39, 0.29) is 0 Å². The molecule has 3 aromatic heterocycles. The van der Waals surface area contributed by atoms with Gasteiger partial charge in [0.25, 0.3) is 6.29 Å². The highest BCUT2D eigenvalue weighted by Crippen LogP contribution is 2.20. The summed E-state index contributed by atoms with van der Waals surface area (Å²) < 4.78 is 5.34. The Balaban J connectivity index is 1.44. The van der Waals surface area contributed by atoms with Crippen LogP contribution in [0.2, 0.25) is 0 Å². The van der Waals surface area contributed by atoms with Gasteiger partial charge in [-0.1, -0.05) is 17.0 Å². The molecule has 0 aromatic carbocycles. The van der Waals surface area contributed by atoms with E-state index in [0.717, 1.165) is 16.2 Å². The van der Waals surface area contributed by atoms with Gasteiger partial charge in [-0.2, -0.15) is 0 Å². The number of ether oxygens (including phenoxy) is 1. The van der Waals surface area contributed by atoms with Gasteiger partial charge in [-0.25, -0.2) is 0 Å². The van der Waals surface area contributed by atoms with E-state index in [0.29, 0.717) is 25.3 Å². The molecule has 0 unspecified atom stereocenters. The number of hydrogen-bond donors (Lipinski definition) is 4. The lowest BCUT2D eigenvalue weighted by Crippen LogP contribution is -2.61. The SMILES string of the molecule is OC[C@H]1O[C@@H](On2cc(CN(Cc3ccccn3)Cc3ccccn3)nn2)[C@H](O)[C@@H](O)[C@@H]1O. The number of aliphatic hydroxyl groups is 4. The van der Waals surface area contributed by atoms with E-state index < -0.39 is 37.3 Å². The van der Waals surface area contributed by atoms with Crippen LogP contribution in [0.1, 0.15) is 17.1 Å². The van der Waals surface area contributed by atoms with E-state index in [4.69, 9.17) is 9.57 Å². The van der Waals surface area contributed by atoms with E-state index in [2.05, 4.69) is 25.2 Å². The minimum Gasteiger partial charge on any atom is -0.394 e. The fourth-order valence-corrected chi connectivity index (χ4v) is 3.50. The Hall–Kier alpha value is -3.00. The molecule has 0 spiro atoms. The highest BCUT2D eigenvalue weighted by atomic mass is 16.8. The van der Waals surface area contributed by atoms with Gasteiger partial charge in [-0.05, 0) is 29.5 Å². The van der Waals surface area contributed by atoms with Crippen molar-refractivity contribution < 1.29 is 30.0 Å². The molecule has 1 fully saturated rings. The maximum absolute atomic E-state index is 10.1. The maximum Gasteiger partial charge on any atom is 0.256 e. The van der Waals surface area contributed by atoms with Crippen LogP contribution in [0.15, 0.2) is 55.0 Å². The van der Waals surface area contributed by atoms with Gasteiger partial charge in [0, 0.05) is 32.0 Å². The van der Waals surface area contributed by atoms with E-state index in [1.54, 1.807) is 12.4 Å². The maximum atomic E-state index is 10.1. The third kappa shape index (κ3) is 5.87. The zero-order chi connectivity index (χ0) is 23.2. The second-order valence-corrected chi connectivity index (χ2v) is 7.70. The minimum absolute atomic E-state index is 0.408. The number of rotatable bonds is 9. The Morgan fingerprint density at radius 2 is 1.52 bits per heavy atom. The molecule has 0 bridgehead atoms. The molecule has 4 N–H and O–H groups in total. The Morgan fingerprint density at radius 3 is 2.09 bits per heavy atom. The van der Waals surface area contributed by atoms with E-state index >= 15 is 0 Å². The second-order valence-electron chi connectivity index (χ2n) is 7.70. The summed E-state index contributed by atoms with van der Waals surface area (Å²) in [5.74, 6) is 0. The fourth-order valence-electron chi connectivity index (χ4n) is 3.50. The summed E-state index contributed by atoms with van der Waals surface area (Å²) in [4.78, 5) is 17.3. The van der Waals surface area contributed by atoms with Crippen LogP contribution in [0.5, 0.6) is 0 Å². The van der Waals surface area contributed by atoms with E-state index in [1.165, 1.54) is 6.20 Å². The van der Waals surface area contributed by atoms with Gasteiger partial charge >= 0.3 is 0 Å². The van der Waals surface area contributed by atoms with Crippen LogP contribution in [-0.2, 0) is 24.4 Å². The van der Waals surface area contributed by atoms with Crippen molar-refractivity contribution in [1.29, 1.82) is 0 Å². The molecule has 176 valence electrons. The van der Waals surface area contributed by atoms with Crippen LogP contribution >= 0.6 is 0 Å². The Labute approximate surface area is 189 Å². The molecule has 12 heteroatoms. The molecule has 0 radical (unpaired) electrons. The van der Waals surface area contributed by atoms with Gasteiger partial charge in [0.2, 0.25) is 0 Å². The number of pyridine rings is 2. The molecule has 4 heterocycles. The van der Waals surface area contributed by atoms with E-state index in [9.17, 15) is 20.4 Å². The third-order valence-corrected chi connectivity index (χ3v) is 5.19. The van der Waals surface area contributed by atoms with Crippen molar-refractivity contribution >= 4 is 0 Å². The molecule has 0 aliphatic carbocycles. The summed E-state index contributed by atoms with van der Waals surface area (Å²) in [6.45, 7) is 0.963. The predicted octanol–water partition coefficient (Wildman–Crippen LogP) is -1.50. The Morgan fingerprint density at radius 1 is 0.879 bits per heavy atom. The zero-order valence-electron chi connectivity index (χ0n) is 17.7. The molecule has 1 saturated heterocycles. The smallest absolute Gasteiger partial charge is 0.256 e. The first-order valence-corrected chi connectivity index (χ1v) is 10.4. The summed E-state index contributed by atoms with van der Waals surface area (Å²) in [5, 5.41) is 47.3. The summed E-state index contributed by atoms with van der Waals surface area (Å²) in [6, 6.07) is 11.4. The standard InChI is InChI=1S/C21H26N6O6/c28-13-17-18(29)19(30)20(31)21(32-17)33-27-12-16(24-25-27)11-26(9-14-5-1-3-7-22-14)10-15-6-2-4-8-23-15/h1-8,12,17-21,28-31H,9-11,13H2/t17-,18-,19+,20-,21+/m1/s1. The Kier molecular flexibility index (Phi) is 7.54. The molecular weight excluding hydrogens is 432 g/mol. The second kappa shape index (κ2) is 10.7. The van der Waals surface area contributed by atoms with Gasteiger partial charge in [-0.3, -0.25) is 14.9 Å². The van der Waals surface area contributed by atoms with Crippen LogP contribution in [0.3, 0.4) is 0 Å². The summed E-state index contributed by atoms with van der Waals surface area (Å²) in [7, 11) is 0. The number of nitrogens with zero attached hydrogens (tertiary/aromatic N) is 6. The van der Waals surface area contributed by atoms with Crippen molar-refractivity contribution in [2.75, 3.05) is 6.61 Å². The zero-order valence-corrected chi connectivity index (χ0v) is 17.7. The van der Waals surface area contributed by atoms with Crippen LogP contribution in [0.4, 0.5) is 0 Å². The molecule has 4 rings (SSSR count). The van der Waals surface area contributed by atoms with Crippen molar-refractivity contribution in [2.45, 2.75) is 50.3 Å². The van der Waals surface area contributed by atoms with Gasteiger partial charge in [0.05, 0.1) is 24.2 Å². The highest BCUT2D eigenvalue weighted by molar-refractivity contribution is 5.07. The molecule has 1 aliphatic heterocycles. The summed E-state index contributed by atoms with van der Waals surface area (Å²) >= 11 is 0. The van der Waals surface area contributed by atoms with Gasteiger partial charge in [-0.15, -0.1) is 5.10 Å². The molecule has 5 atom stereocenters. The molecule has 12 nitrogen and oxygen atoms in total. The summed E-state index contributed by atoms with van der Waals surface area (Å²) in [5.41, 5.74) is 2.35. The van der Waals surface area contributed by atoms with Crippen LogP contribution in [-0.4, -0.2) is 87.8 Å². The van der Waals surface area contributed by atoms with E-state index in [1.807, 2.05) is 36.4 Å². The molecular formula is C21H26N6O6. The first kappa shape index (κ1) is 23.2. The van der Waals surface area contributed by atoms with Crippen molar-refractivity contribution in [1.82, 2.24) is 30.0 Å². The van der Waals surface area contributed by atoms with Gasteiger partial charge in [0.1, 0.15) is 30.1 Å². The third-order valence-electron chi connectivity index (χ3n) is 5.19. The Bertz CT molecular complexity index is 950. The quantitative estimate of drug-likeness (QED) is 0.295. The lowest BCUT2D eigenvalue weighted by atomic mass is 9.99. The van der Waals surface area contributed by atoms with Crippen LogP contribution < -0.4 is 4.84 Å². The lowest BCUT2D eigenvalue weighted by molar-refractivity contribution is -0.303. The average molecular weight is 458 g/mol. The van der Waals surface area contributed by atoms with Crippen LogP contribution in [0, 0.1) is 0 Å². The highest BCUT2D eigenvalue weighted by Gasteiger charge is 2.45. The van der Waals surface area contributed by atoms with Gasteiger partial charge < -0.3 is 30.0 Å².